The number of benzene rings is 2. The van der Waals surface area contributed by atoms with Gasteiger partial charge in [0.25, 0.3) is 0 Å². The molecule has 3 aromatic rings. The Bertz CT molecular complexity index is 1070. The maximum Gasteiger partial charge on any atom is 0.419 e. The lowest BCUT2D eigenvalue weighted by molar-refractivity contribution is 0.251. The van der Waals surface area contributed by atoms with Gasteiger partial charge in [-0.2, -0.15) is 0 Å². The van der Waals surface area contributed by atoms with E-state index in [0.717, 1.165) is 62.2 Å². The molecule has 158 valence electrons. The van der Waals surface area contributed by atoms with E-state index in [1.165, 1.54) is 11.3 Å². The largest absolute Gasteiger partial charge is 0.419 e. The standard InChI is InChI=1S/C25H31N3O2/c1-19(2)21-8-11-23-24(18-21)30-25(29)28(23)13-5-4-12-26-14-16-27(17-15-26)22-9-6-20(3)7-10-22/h6-11,18H,1,4-5,12-17H2,2-3H3. The SMILES string of the molecule is C=C(C)c1ccc2c(c1)oc(=O)n2CCCCN1CCN(c2ccc(C)cc2)CC1. The number of hydrogen-bond acceptors (Lipinski definition) is 4. The highest BCUT2D eigenvalue weighted by molar-refractivity contribution is 5.78. The molecule has 30 heavy (non-hydrogen) atoms. The van der Waals surface area contributed by atoms with Crippen LogP contribution < -0.4 is 10.7 Å². The third-order valence-electron chi connectivity index (χ3n) is 6.04. The van der Waals surface area contributed by atoms with E-state index in [0.29, 0.717) is 12.1 Å². The number of aryl methyl sites for hydroxylation is 2. The lowest BCUT2D eigenvalue weighted by Crippen LogP contribution is -2.46. The third kappa shape index (κ3) is 4.51. The van der Waals surface area contributed by atoms with Crippen LogP contribution in [-0.2, 0) is 6.54 Å². The first-order chi connectivity index (χ1) is 14.5. The van der Waals surface area contributed by atoms with Gasteiger partial charge >= 0.3 is 5.76 Å². The predicted molar refractivity (Wildman–Crippen MR) is 124 cm³/mol. The van der Waals surface area contributed by atoms with Gasteiger partial charge in [0.15, 0.2) is 5.58 Å². The maximum atomic E-state index is 12.3. The fourth-order valence-electron chi connectivity index (χ4n) is 4.13. The summed E-state index contributed by atoms with van der Waals surface area (Å²) in [4.78, 5) is 17.3. The highest BCUT2D eigenvalue weighted by Gasteiger charge is 2.17. The second kappa shape index (κ2) is 8.92. The van der Waals surface area contributed by atoms with E-state index in [-0.39, 0.29) is 5.76 Å². The molecule has 1 saturated heterocycles. The van der Waals surface area contributed by atoms with Crippen molar-refractivity contribution in [2.24, 2.45) is 0 Å². The molecular weight excluding hydrogens is 374 g/mol. The number of oxazole rings is 1. The van der Waals surface area contributed by atoms with Crippen LogP contribution in [0.2, 0.25) is 0 Å². The number of nitrogens with zero attached hydrogens (tertiary/aromatic N) is 3. The van der Waals surface area contributed by atoms with Crippen molar-refractivity contribution in [3.8, 4) is 0 Å². The van der Waals surface area contributed by atoms with Crippen LogP contribution in [0.15, 0.2) is 58.3 Å². The van der Waals surface area contributed by atoms with Gasteiger partial charge in [0.05, 0.1) is 5.52 Å². The Balaban J connectivity index is 1.26. The molecule has 0 atom stereocenters. The van der Waals surface area contributed by atoms with Crippen molar-refractivity contribution < 1.29 is 4.42 Å². The Morgan fingerprint density at radius 3 is 2.40 bits per heavy atom. The number of unbranched alkanes of at least 4 members (excludes halogenated alkanes) is 1. The summed E-state index contributed by atoms with van der Waals surface area (Å²) in [5, 5.41) is 0. The molecule has 0 amide bonds. The van der Waals surface area contributed by atoms with Crippen molar-refractivity contribution in [1.82, 2.24) is 9.47 Å². The zero-order valence-corrected chi connectivity index (χ0v) is 18.1. The average molecular weight is 406 g/mol. The Morgan fingerprint density at radius 2 is 1.70 bits per heavy atom. The molecule has 1 aliphatic heterocycles. The zero-order chi connectivity index (χ0) is 21.1. The molecule has 1 aromatic heterocycles. The Labute approximate surface area is 178 Å². The fraction of sp³-hybridized carbons (Fsp3) is 0.400. The lowest BCUT2D eigenvalue weighted by Gasteiger charge is -2.36. The molecular formula is C25H31N3O2. The average Bonchev–Trinajstić information content (AvgIpc) is 3.06. The number of anilines is 1. The van der Waals surface area contributed by atoms with Crippen LogP contribution >= 0.6 is 0 Å². The molecule has 0 bridgehead atoms. The summed E-state index contributed by atoms with van der Waals surface area (Å²) < 4.78 is 7.21. The van der Waals surface area contributed by atoms with Gasteiger partial charge in [-0.15, -0.1) is 0 Å². The first-order valence-corrected chi connectivity index (χ1v) is 10.8. The quantitative estimate of drug-likeness (QED) is 0.541. The smallest absolute Gasteiger partial charge is 0.408 e. The van der Waals surface area contributed by atoms with E-state index < -0.39 is 0 Å². The number of hydrogen-bond donors (Lipinski definition) is 0. The van der Waals surface area contributed by atoms with Crippen LogP contribution in [0.5, 0.6) is 0 Å². The van der Waals surface area contributed by atoms with Gasteiger partial charge in [0, 0.05) is 38.4 Å². The van der Waals surface area contributed by atoms with Gasteiger partial charge in [-0.3, -0.25) is 9.47 Å². The molecule has 5 heteroatoms. The van der Waals surface area contributed by atoms with Crippen LogP contribution in [0.25, 0.3) is 16.7 Å². The van der Waals surface area contributed by atoms with Gasteiger partial charge in [0.2, 0.25) is 0 Å². The van der Waals surface area contributed by atoms with Crippen molar-refractivity contribution in [1.29, 1.82) is 0 Å². The zero-order valence-electron chi connectivity index (χ0n) is 18.1. The monoisotopic (exact) mass is 405 g/mol. The van der Waals surface area contributed by atoms with Gasteiger partial charge in [-0.1, -0.05) is 35.9 Å². The summed E-state index contributed by atoms with van der Waals surface area (Å²) >= 11 is 0. The molecule has 0 spiro atoms. The van der Waals surface area contributed by atoms with Crippen molar-refractivity contribution in [2.45, 2.75) is 33.2 Å². The minimum absolute atomic E-state index is 0.268. The fourth-order valence-corrected chi connectivity index (χ4v) is 4.13. The second-order valence-electron chi connectivity index (χ2n) is 8.35. The van der Waals surface area contributed by atoms with Gasteiger partial charge < -0.3 is 9.32 Å². The second-order valence-corrected chi connectivity index (χ2v) is 8.35. The molecule has 0 radical (unpaired) electrons. The Hall–Kier alpha value is -2.79. The lowest BCUT2D eigenvalue weighted by atomic mass is 10.1. The summed E-state index contributed by atoms with van der Waals surface area (Å²) in [6.07, 6.45) is 2.04. The minimum atomic E-state index is -0.268. The Morgan fingerprint density at radius 1 is 1.00 bits per heavy atom. The molecule has 4 rings (SSSR count). The van der Waals surface area contributed by atoms with E-state index in [9.17, 15) is 4.79 Å². The number of allylic oxidation sites excluding steroid dienone is 1. The first kappa shape index (κ1) is 20.5. The molecule has 2 heterocycles. The Kier molecular flexibility index (Phi) is 6.09. The van der Waals surface area contributed by atoms with Gasteiger partial charge in [0.1, 0.15) is 0 Å². The molecule has 1 aliphatic rings. The summed E-state index contributed by atoms with van der Waals surface area (Å²) in [6.45, 7) is 14.1. The molecule has 1 fully saturated rings. The normalized spacial score (nSPS) is 15.1. The predicted octanol–water partition coefficient (Wildman–Crippen LogP) is 4.54. The molecule has 0 aliphatic carbocycles. The number of aromatic nitrogens is 1. The van der Waals surface area contributed by atoms with Crippen molar-refractivity contribution in [3.05, 3.63) is 70.7 Å². The van der Waals surface area contributed by atoms with Crippen LogP contribution in [0.4, 0.5) is 5.69 Å². The van der Waals surface area contributed by atoms with Crippen LogP contribution in [0.1, 0.15) is 30.9 Å². The highest BCUT2D eigenvalue weighted by Crippen LogP contribution is 2.20. The van der Waals surface area contributed by atoms with E-state index in [1.54, 1.807) is 4.57 Å². The van der Waals surface area contributed by atoms with E-state index in [4.69, 9.17) is 4.42 Å². The van der Waals surface area contributed by atoms with E-state index >= 15 is 0 Å². The van der Waals surface area contributed by atoms with Crippen LogP contribution in [0.3, 0.4) is 0 Å². The number of fused-ring (bicyclic) bond motifs is 1. The van der Waals surface area contributed by atoms with Crippen molar-refractivity contribution >= 4 is 22.4 Å². The topological polar surface area (TPSA) is 41.6 Å². The summed E-state index contributed by atoms with van der Waals surface area (Å²) in [5.41, 5.74) is 6.12. The molecule has 2 aromatic carbocycles. The summed E-state index contributed by atoms with van der Waals surface area (Å²) in [7, 11) is 0. The summed E-state index contributed by atoms with van der Waals surface area (Å²) in [5.74, 6) is -0.268. The number of rotatable bonds is 7. The van der Waals surface area contributed by atoms with E-state index in [2.05, 4.69) is 47.6 Å². The number of piperazine rings is 1. The maximum absolute atomic E-state index is 12.3. The minimum Gasteiger partial charge on any atom is -0.408 e. The molecule has 5 nitrogen and oxygen atoms in total. The van der Waals surface area contributed by atoms with Crippen molar-refractivity contribution in [2.75, 3.05) is 37.6 Å². The first-order valence-electron chi connectivity index (χ1n) is 10.8. The van der Waals surface area contributed by atoms with Crippen LogP contribution in [0, 0.1) is 6.92 Å². The summed E-state index contributed by atoms with van der Waals surface area (Å²) in [6, 6.07) is 14.7. The van der Waals surface area contributed by atoms with Gasteiger partial charge in [-0.25, -0.2) is 4.79 Å². The van der Waals surface area contributed by atoms with E-state index in [1.807, 2.05) is 25.1 Å². The molecule has 0 saturated carbocycles. The van der Waals surface area contributed by atoms with Crippen LogP contribution in [-0.4, -0.2) is 42.2 Å². The van der Waals surface area contributed by atoms with Crippen molar-refractivity contribution in [3.63, 3.8) is 0 Å². The highest BCUT2D eigenvalue weighted by atomic mass is 16.4. The molecule has 0 N–H and O–H groups in total. The molecule has 0 unspecified atom stereocenters. The van der Waals surface area contributed by atoms with Gasteiger partial charge in [-0.05, 0) is 63.1 Å². The third-order valence-corrected chi connectivity index (χ3v) is 6.04.